The minimum absolute atomic E-state index is 0.129. The number of carbonyl (C=O) groups excluding carboxylic acids is 2. The Morgan fingerprint density at radius 1 is 1.28 bits per heavy atom. The highest BCUT2D eigenvalue weighted by Crippen LogP contribution is 2.64. The molecule has 6 atom stereocenters. The Kier molecular flexibility index (Phi) is 3.13. The molecule has 5 aliphatic rings. The zero-order valence-electron chi connectivity index (χ0n) is 16.1. The molecule has 3 saturated heterocycles. The summed E-state index contributed by atoms with van der Waals surface area (Å²) in [6, 6.07) is 7.24. The van der Waals surface area contributed by atoms with Crippen LogP contribution in [0, 0.1) is 11.3 Å². The number of ether oxygens (including phenoxy) is 1. The van der Waals surface area contributed by atoms with Gasteiger partial charge in [-0.15, -0.1) is 0 Å². The van der Waals surface area contributed by atoms with Crippen LogP contribution in [0.1, 0.15) is 37.8 Å². The molecule has 5 aliphatic heterocycles. The van der Waals surface area contributed by atoms with E-state index in [1.165, 1.54) is 0 Å². The van der Waals surface area contributed by atoms with Crippen molar-refractivity contribution in [3.63, 3.8) is 0 Å². The lowest BCUT2D eigenvalue weighted by Crippen LogP contribution is -2.51. The largest absolute Gasteiger partial charge is 0.481 e. The van der Waals surface area contributed by atoms with Gasteiger partial charge in [-0.3, -0.25) is 14.4 Å². The average molecular weight is 394 g/mol. The molecule has 29 heavy (non-hydrogen) atoms. The first-order chi connectivity index (χ1) is 13.9. The third kappa shape index (κ3) is 1.81. The first kappa shape index (κ1) is 17.2. The molecule has 0 radical (unpaired) electrons. The molecule has 7 nitrogen and oxygen atoms in total. The van der Waals surface area contributed by atoms with Gasteiger partial charge in [-0.1, -0.05) is 30.4 Å². The molecule has 7 heteroatoms. The van der Waals surface area contributed by atoms with Gasteiger partial charge in [-0.2, -0.15) is 0 Å². The number of benzene rings is 1. The minimum atomic E-state index is -1.29. The summed E-state index contributed by atoms with van der Waals surface area (Å²) in [7, 11) is 0. The molecule has 5 heterocycles. The standard InChI is InChI=1S/C22H22N2O5/c1-21(20(27)28)16-8-9-22(29-16)15-11-14(23-10-4-7-17(23)25)12-5-2-3-6-13(12)24(15)19(26)18(21)22/h2-3,5-6,8-9,14-16,18H,4,7,10-11H2,1H3,(H,27,28)/t14-,15-,16+,18+,21+,22+/m0/s1. The van der Waals surface area contributed by atoms with E-state index in [2.05, 4.69) is 0 Å². The van der Waals surface area contributed by atoms with Crippen LogP contribution in [0.4, 0.5) is 5.69 Å². The third-order valence-corrected chi connectivity index (χ3v) is 7.77. The van der Waals surface area contributed by atoms with Gasteiger partial charge >= 0.3 is 5.97 Å². The van der Waals surface area contributed by atoms with E-state index in [1.807, 2.05) is 35.2 Å². The smallest absolute Gasteiger partial charge is 0.313 e. The van der Waals surface area contributed by atoms with Crippen molar-refractivity contribution >= 4 is 23.5 Å². The molecule has 6 rings (SSSR count). The normalized spacial score (nSPS) is 41.7. The minimum Gasteiger partial charge on any atom is -0.481 e. The summed E-state index contributed by atoms with van der Waals surface area (Å²) in [5, 5.41) is 10.0. The SMILES string of the molecule is C[C@@]1(C(=O)O)[C@H]2C=C[C@@]3(O2)[C@@H]2C[C@H](N4CCCC4=O)c4ccccc4N2C(=O)[C@@H]31. The van der Waals surface area contributed by atoms with Crippen molar-refractivity contribution in [2.75, 3.05) is 11.4 Å². The number of amides is 2. The third-order valence-electron chi connectivity index (χ3n) is 7.77. The van der Waals surface area contributed by atoms with Crippen LogP contribution in [0.3, 0.4) is 0 Å². The second kappa shape index (κ2) is 5.27. The lowest BCUT2D eigenvalue weighted by atomic mass is 9.64. The Balaban J connectivity index is 1.53. The molecule has 1 aromatic carbocycles. The lowest BCUT2D eigenvalue weighted by Gasteiger charge is -2.43. The molecule has 1 N–H and O–H groups in total. The topological polar surface area (TPSA) is 87.2 Å². The molecular weight excluding hydrogens is 372 g/mol. The Bertz CT molecular complexity index is 1000. The fourth-order valence-corrected chi connectivity index (χ4v) is 6.42. The number of hydrogen-bond donors (Lipinski definition) is 1. The van der Waals surface area contributed by atoms with E-state index in [4.69, 9.17) is 4.74 Å². The van der Waals surface area contributed by atoms with Gasteiger partial charge in [0.1, 0.15) is 11.0 Å². The highest BCUT2D eigenvalue weighted by molar-refractivity contribution is 6.05. The van der Waals surface area contributed by atoms with Gasteiger partial charge in [-0.05, 0) is 31.4 Å². The number of para-hydroxylation sites is 1. The summed E-state index contributed by atoms with van der Waals surface area (Å²) in [6.07, 6.45) is 5.05. The van der Waals surface area contributed by atoms with Crippen LogP contribution in [-0.2, 0) is 19.1 Å². The molecule has 0 unspecified atom stereocenters. The maximum atomic E-state index is 13.6. The fourth-order valence-electron chi connectivity index (χ4n) is 6.42. The van der Waals surface area contributed by atoms with E-state index in [0.29, 0.717) is 19.4 Å². The molecule has 0 saturated carbocycles. The number of hydrogen-bond acceptors (Lipinski definition) is 4. The summed E-state index contributed by atoms with van der Waals surface area (Å²) in [4.78, 5) is 42.1. The highest BCUT2D eigenvalue weighted by Gasteiger charge is 2.77. The van der Waals surface area contributed by atoms with E-state index in [0.717, 1.165) is 17.7 Å². The quantitative estimate of drug-likeness (QED) is 0.774. The predicted octanol–water partition coefficient (Wildman–Crippen LogP) is 1.88. The van der Waals surface area contributed by atoms with Crippen LogP contribution in [0.2, 0.25) is 0 Å². The number of likely N-dealkylation sites (tertiary alicyclic amines) is 1. The van der Waals surface area contributed by atoms with Crippen molar-refractivity contribution in [1.82, 2.24) is 4.90 Å². The van der Waals surface area contributed by atoms with Gasteiger partial charge < -0.3 is 19.6 Å². The van der Waals surface area contributed by atoms with Gasteiger partial charge in [0.2, 0.25) is 11.8 Å². The Hall–Kier alpha value is -2.67. The van der Waals surface area contributed by atoms with Crippen molar-refractivity contribution in [1.29, 1.82) is 0 Å². The lowest BCUT2D eigenvalue weighted by molar-refractivity contribution is -0.154. The van der Waals surface area contributed by atoms with Gasteiger partial charge in [-0.25, -0.2) is 0 Å². The molecule has 1 aromatic rings. The van der Waals surface area contributed by atoms with Gasteiger partial charge in [0.25, 0.3) is 0 Å². The summed E-state index contributed by atoms with van der Waals surface area (Å²) in [6.45, 7) is 2.33. The number of carbonyl (C=O) groups is 3. The maximum Gasteiger partial charge on any atom is 0.313 e. The Morgan fingerprint density at radius 3 is 2.79 bits per heavy atom. The number of anilines is 1. The van der Waals surface area contributed by atoms with E-state index >= 15 is 0 Å². The van der Waals surface area contributed by atoms with E-state index in [9.17, 15) is 19.5 Å². The van der Waals surface area contributed by atoms with Crippen LogP contribution in [0.15, 0.2) is 36.4 Å². The second-order valence-electron chi connectivity index (χ2n) is 9.00. The van der Waals surface area contributed by atoms with Crippen molar-refractivity contribution in [3.8, 4) is 0 Å². The van der Waals surface area contributed by atoms with Crippen LogP contribution >= 0.6 is 0 Å². The van der Waals surface area contributed by atoms with Crippen LogP contribution in [-0.4, -0.2) is 52.1 Å². The second-order valence-corrected chi connectivity index (χ2v) is 9.00. The van der Waals surface area contributed by atoms with Crippen LogP contribution in [0.25, 0.3) is 0 Å². The van der Waals surface area contributed by atoms with E-state index in [-0.39, 0.29) is 23.9 Å². The predicted molar refractivity (Wildman–Crippen MR) is 102 cm³/mol. The summed E-state index contributed by atoms with van der Waals surface area (Å²) >= 11 is 0. The molecule has 2 bridgehead atoms. The summed E-state index contributed by atoms with van der Waals surface area (Å²) in [5.41, 5.74) is -0.518. The number of carboxylic acids is 1. The number of aliphatic carboxylic acids is 1. The molecule has 3 fully saturated rings. The van der Waals surface area contributed by atoms with Crippen molar-refractivity contribution in [2.24, 2.45) is 11.3 Å². The van der Waals surface area contributed by atoms with Gasteiger partial charge in [0.15, 0.2) is 0 Å². The molecular formula is C22H22N2O5. The van der Waals surface area contributed by atoms with Crippen molar-refractivity contribution in [2.45, 2.75) is 50.0 Å². The van der Waals surface area contributed by atoms with Crippen molar-refractivity contribution < 1.29 is 24.2 Å². The molecule has 0 aliphatic carbocycles. The number of rotatable bonds is 2. The molecule has 150 valence electrons. The monoisotopic (exact) mass is 394 g/mol. The van der Waals surface area contributed by atoms with E-state index < -0.39 is 29.0 Å². The van der Waals surface area contributed by atoms with Gasteiger partial charge in [0.05, 0.1) is 24.1 Å². The van der Waals surface area contributed by atoms with Crippen LogP contribution in [0.5, 0.6) is 0 Å². The fraction of sp³-hybridized carbons (Fsp3) is 0.500. The first-order valence-electron chi connectivity index (χ1n) is 10.2. The maximum absolute atomic E-state index is 13.6. The zero-order valence-corrected chi connectivity index (χ0v) is 16.1. The Morgan fingerprint density at radius 2 is 2.07 bits per heavy atom. The summed E-state index contributed by atoms with van der Waals surface area (Å²) in [5.74, 6) is -1.83. The van der Waals surface area contributed by atoms with Gasteiger partial charge in [0, 0.05) is 18.7 Å². The molecule has 0 aromatic heterocycles. The zero-order chi connectivity index (χ0) is 20.1. The number of carboxylic acid groups (broad SMARTS) is 1. The number of fused-ring (bicyclic) bond motifs is 4. The molecule has 2 amide bonds. The highest BCUT2D eigenvalue weighted by atomic mass is 16.5. The van der Waals surface area contributed by atoms with Crippen LogP contribution < -0.4 is 4.90 Å². The van der Waals surface area contributed by atoms with E-state index in [1.54, 1.807) is 17.9 Å². The summed E-state index contributed by atoms with van der Waals surface area (Å²) < 4.78 is 6.30. The Labute approximate surface area is 167 Å². The first-order valence-corrected chi connectivity index (χ1v) is 10.2. The molecule has 1 spiro atoms. The average Bonchev–Trinajstić information content (AvgIpc) is 3.44. The van der Waals surface area contributed by atoms with Crippen molar-refractivity contribution in [3.05, 3.63) is 42.0 Å². The number of nitrogens with zero attached hydrogens (tertiary/aromatic N) is 2.